The number of ether oxygens (including phenoxy) is 1. The van der Waals surface area contributed by atoms with Gasteiger partial charge in [0.15, 0.2) is 0 Å². The maximum Gasteiger partial charge on any atom is 0.341 e. The molecule has 0 spiro atoms. The molecule has 0 saturated carbocycles. The predicted molar refractivity (Wildman–Crippen MR) is 65.0 cm³/mol. The summed E-state index contributed by atoms with van der Waals surface area (Å²) < 4.78 is 10.2. The molecule has 0 saturated heterocycles. The number of hydrogen-bond donors (Lipinski definition) is 1. The van der Waals surface area contributed by atoms with Crippen LogP contribution >= 0.6 is 0 Å². The minimum Gasteiger partial charge on any atom is -0.465 e. The summed E-state index contributed by atoms with van der Waals surface area (Å²) in [4.78, 5) is 13.5. The van der Waals surface area contributed by atoms with Crippen LogP contribution in [0.25, 0.3) is 0 Å². The lowest BCUT2D eigenvalue weighted by molar-refractivity contribution is 0.0599. The largest absolute Gasteiger partial charge is 0.465 e. The van der Waals surface area contributed by atoms with Crippen LogP contribution in [-0.4, -0.2) is 45.2 Å². The van der Waals surface area contributed by atoms with Gasteiger partial charge in [0.2, 0.25) is 0 Å². The smallest absolute Gasteiger partial charge is 0.341 e. The fraction of sp³-hybridized carbons (Fsp3) is 0.583. The summed E-state index contributed by atoms with van der Waals surface area (Å²) in [7, 11) is 5.29. The third kappa shape index (κ3) is 3.87. The van der Waals surface area contributed by atoms with E-state index in [0.29, 0.717) is 17.9 Å². The van der Waals surface area contributed by atoms with E-state index in [0.717, 1.165) is 18.8 Å². The fourth-order valence-corrected chi connectivity index (χ4v) is 1.58. The first-order valence-corrected chi connectivity index (χ1v) is 5.59. The number of carbonyl (C=O) groups is 1. The average Bonchev–Trinajstić information content (AvgIpc) is 2.66. The highest BCUT2D eigenvalue weighted by atomic mass is 16.5. The van der Waals surface area contributed by atoms with Crippen molar-refractivity contribution in [3.63, 3.8) is 0 Å². The van der Waals surface area contributed by atoms with E-state index in [-0.39, 0.29) is 5.97 Å². The lowest BCUT2D eigenvalue weighted by atomic mass is 10.2. The molecule has 5 heteroatoms. The zero-order chi connectivity index (χ0) is 12.8. The molecule has 1 heterocycles. The van der Waals surface area contributed by atoms with Gasteiger partial charge in [-0.05, 0) is 27.1 Å². The zero-order valence-electron chi connectivity index (χ0n) is 10.9. The summed E-state index contributed by atoms with van der Waals surface area (Å²) in [6.07, 6.45) is 0. The molecule has 1 aromatic heterocycles. The molecular weight excluding hydrogens is 220 g/mol. The first-order chi connectivity index (χ1) is 8.08. The Balaban J connectivity index is 2.63. The Morgan fingerprint density at radius 3 is 2.88 bits per heavy atom. The van der Waals surface area contributed by atoms with Gasteiger partial charge in [-0.25, -0.2) is 4.79 Å². The summed E-state index contributed by atoms with van der Waals surface area (Å²) >= 11 is 0. The van der Waals surface area contributed by atoms with Gasteiger partial charge in [-0.2, -0.15) is 0 Å². The quantitative estimate of drug-likeness (QED) is 0.753. The minimum absolute atomic E-state index is 0.352. The number of furan rings is 1. The van der Waals surface area contributed by atoms with Crippen LogP contribution in [0.1, 0.15) is 21.9 Å². The van der Waals surface area contributed by atoms with Gasteiger partial charge >= 0.3 is 5.97 Å². The van der Waals surface area contributed by atoms with Gasteiger partial charge in [0.25, 0.3) is 0 Å². The van der Waals surface area contributed by atoms with E-state index in [4.69, 9.17) is 4.42 Å². The lowest BCUT2D eigenvalue weighted by Crippen LogP contribution is -2.26. The van der Waals surface area contributed by atoms with Gasteiger partial charge in [0.1, 0.15) is 17.1 Å². The normalized spacial score (nSPS) is 10.9. The van der Waals surface area contributed by atoms with Crippen molar-refractivity contribution >= 4 is 5.97 Å². The molecule has 17 heavy (non-hydrogen) atoms. The number of likely N-dealkylation sites (N-methyl/N-ethyl adjacent to an activating group) is 2. The molecule has 1 N–H and O–H groups in total. The van der Waals surface area contributed by atoms with Crippen molar-refractivity contribution in [2.45, 2.75) is 13.5 Å². The van der Waals surface area contributed by atoms with Crippen LogP contribution in [-0.2, 0) is 11.3 Å². The third-order valence-corrected chi connectivity index (χ3v) is 2.54. The van der Waals surface area contributed by atoms with Crippen LogP contribution in [0.2, 0.25) is 0 Å². The molecule has 1 rings (SSSR count). The van der Waals surface area contributed by atoms with Crippen molar-refractivity contribution in [2.75, 3.05) is 34.3 Å². The Morgan fingerprint density at radius 2 is 2.29 bits per heavy atom. The Morgan fingerprint density at radius 1 is 1.59 bits per heavy atom. The number of esters is 1. The molecule has 96 valence electrons. The van der Waals surface area contributed by atoms with Crippen LogP contribution in [0.3, 0.4) is 0 Å². The summed E-state index contributed by atoms with van der Waals surface area (Å²) in [5, 5.41) is 3.08. The summed E-state index contributed by atoms with van der Waals surface area (Å²) in [6.45, 7) is 4.28. The van der Waals surface area contributed by atoms with Crippen LogP contribution < -0.4 is 5.32 Å². The van der Waals surface area contributed by atoms with E-state index in [2.05, 4.69) is 15.0 Å². The minimum atomic E-state index is -0.352. The van der Waals surface area contributed by atoms with Crippen molar-refractivity contribution in [2.24, 2.45) is 0 Å². The van der Waals surface area contributed by atoms with Crippen LogP contribution in [0, 0.1) is 6.92 Å². The molecule has 5 nitrogen and oxygen atoms in total. The fourth-order valence-electron chi connectivity index (χ4n) is 1.58. The highest BCUT2D eigenvalue weighted by Crippen LogP contribution is 2.16. The van der Waals surface area contributed by atoms with E-state index < -0.39 is 0 Å². The number of hydrogen-bond acceptors (Lipinski definition) is 5. The van der Waals surface area contributed by atoms with Gasteiger partial charge < -0.3 is 14.5 Å². The first-order valence-electron chi connectivity index (χ1n) is 5.59. The lowest BCUT2D eigenvalue weighted by Gasteiger charge is -2.14. The second-order valence-electron chi connectivity index (χ2n) is 4.02. The average molecular weight is 240 g/mol. The van der Waals surface area contributed by atoms with E-state index in [1.165, 1.54) is 7.11 Å². The third-order valence-electron chi connectivity index (χ3n) is 2.54. The highest BCUT2D eigenvalue weighted by Gasteiger charge is 2.15. The maximum atomic E-state index is 11.4. The number of nitrogens with zero attached hydrogens (tertiary/aromatic N) is 1. The molecule has 0 bridgehead atoms. The second kappa shape index (κ2) is 6.42. The molecule has 0 amide bonds. The van der Waals surface area contributed by atoms with Crippen molar-refractivity contribution < 1.29 is 13.9 Å². The van der Waals surface area contributed by atoms with E-state index in [1.54, 1.807) is 13.0 Å². The molecule has 0 aliphatic carbocycles. The van der Waals surface area contributed by atoms with Crippen molar-refractivity contribution in [3.8, 4) is 0 Å². The number of rotatable bonds is 6. The standard InChI is InChI=1S/C12H20N2O3/c1-9-11(12(15)16-4)7-10(17-9)8-14(3)6-5-13-2/h7,13H,5-6,8H2,1-4H3. The van der Waals surface area contributed by atoms with Crippen LogP contribution in [0.4, 0.5) is 0 Å². The SMILES string of the molecule is CNCCN(C)Cc1cc(C(=O)OC)c(C)o1. The van der Waals surface area contributed by atoms with E-state index in [9.17, 15) is 4.79 Å². The van der Waals surface area contributed by atoms with E-state index >= 15 is 0 Å². The van der Waals surface area contributed by atoms with Crippen LogP contribution in [0.15, 0.2) is 10.5 Å². The summed E-state index contributed by atoms with van der Waals surface area (Å²) in [5.41, 5.74) is 0.504. The Kier molecular flexibility index (Phi) is 5.18. The Bertz CT molecular complexity index is 374. The molecule has 0 aromatic carbocycles. The Hall–Kier alpha value is -1.33. The molecule has 0 atom stereocenters. The van der Waals surface area contributed by atoms with Gasteiger partial charge in [-0.1, -0.05) is 0 Å². The zero-order valence-corrected chi connectivity index (χ0v) is 10.9. The van der Waals surface area contributed by atoms with Gasteiger partial charge in [0, 0.05) is 13.1 Å². The highest BCUT2D eigenvalue weighted by molar-refractivity contribution is 5.90. The number of aryl methyl sites for hydroxylation is 1. The summed E-state index contributed by atoms with van der Waals surface area (Å²) in [5.74, 6) is 1.03. The van der Waals surface area contributed by atoms with Gasteiger partial charge in [0.05, 0.1) is 13.7 Å². The summed E-state index contributed by atoms with van der Waals surface area (Å²) in [6, 6.07) is 1.75. The van der Waals surface area contributed by atoms with Crippen molar-refractivity contribution in [1.82, 2.24) is 10.2 Å². The Labute approximate surface area is 102 Å². The second-order valence-corrected chi connectivity index (χ2v) is 4.02. The maximum absolute atomic E-state index is 11.4. The number of methoxy groups -OCH3 is 1. The monoisotopic (exact) mass is 240 g/mol. The molecule has 1 aromatic rings. The molecule has 0 radical (unpaired) electrons. The van der Waals surface area contributed by atoms with Crippen molar-refractivity contribution in [1.29, 1.82) is 0 Å². The topological polar surface area (TPSA) is 54.7 Å². The first kappa shape index (κ1) is 13.7. The van der Waals surface area contributed by atoms with Crippen LogP contribution in [0.5, 0.6) is 0 Å². The molecule has 0 unspecified atom stereocenters. The molecular formula is C12H20N2O3. The molecule has 0 fully saturated rings. The predicted octanol–water partition coefficient (Wildman–Crippen LogP) is 1.03. The molecule has 0 aliphatic heterocycles. The number of nitrogens with one attached hydrogen (secondary N) is 1. The van der Waals surface area contributed by atoms with Gasteiger partial charge in [-0.15, -0.1) is 0 Å². The van der Waals surface area contributed by atoms with Crippen molar-refractivity contribution in [3.05, 3.63) is 23.2 Å². The number of carbonyl (C=O) groups excluding carboxylic acids is 1. The van der Waals surface area contributed by atoms with E-state index in [1.807, 2.05) is 14.1 Å². The molecule has 0 aliphatic rings. The van der Waals surface area contributed by atoms with Gasteiger partial charge in [-0.3, -0.25) is 4.90 Å².